The summed E-state index contributed by atoms with van der Waals surface area (Å²) >= 11 is 0. The maximum absolute atomic E-state index is 13.3. The van der Waals surface area contributed by atoms with Gasteiger partial charge < -0.3 is 62.9 Å². The first-order valence-electron chi connectivity index (χ1n) is 20.6. The lowest BCUT2D eigenvalue weighted by Crippen LogP contribution is -2.66. The Labute approximate surface area is 343 Å². The number of allylic oxidation sites excluding steroid dienone is 2. The fourth-order valence-corrected chi connectivity index (χ4v) is 8.00. The Bertz CT molecular complexity index is 1370. The number of methoxy groups -OCH3 is 1. The first kappa shape index (κ1) is 49.6. The van der Waals surface area contributed by atoms with Crippen LogP contribution in [0.1, 0.15) is 99.8 Å². The zero-order chi connectivity index (χ0) is 43.3. The molecule has 0 amide bonds. The van der Waals surface area contributed by atoms with Crippen molar-refractivity contribution in [2.75, 3.05) is 21.2 Å². The van der Waals surface area contributed by atoms with Gasteiger partial charge in [0, 0.05) is 39.2 Å². The Morgan fingerprint density at radius 1 is 0.983 bits per heavy atom. The van der Waals surface area contributed by atoms with Gasteiger partial charge in [-0.1, -0.05) is 45.1 Å². The van der Waals surface area contributed by atoms with Gasteiger partial charge in [-0.25, -0.2) is 0 Å². The van der Waals surface area contributed by atoms with Crippen molar-refractivity contribution in [2.24, 2.45) is 11.8 Å². The summed E-state index contributed by atoms with van der Waals surface area (Å²) in [6, 6.07) is -0.779. The van der Waals surface area contributed by atoms with Crippen LogP contribution in [0, 0.1) is 11.8 Å². The summed E-state index contributed by atoms with van der Waals surface area (Å²) in [5.41, 5.74) is -1.49. The highest BCUT2D eigenvalue weighted by Crippen LogP contribution is 2.38. The van der Waals surface area contributed by atoms with Gasteiger partial charge in [0.2, 0.25) is 0 Å². The van der Waals surface area contributed by atoms with Crippen LogP contribution in [0.15, 0.2) is 24.3 Å². The van der Waals surface area contributed by atoms with Crippen LogP contribution < -0.4 is 0 Å². The minimum Gasteiger partial charge on any atom is -0.462 e. The average Bonchev–Trinajstić information content (AvgIpc) is 3.13. The summed E-state index contributed by atoms with van der Waals surface area (Å²) in [4.78, 5) is 52.5. The number of nitrogens with zero attached hydrogens (tertiary/aromatic N) is 1. The molecule has 16 heteroatoms. The highest BCUT2D eigenvalue weighted by molar-refractivity contribution is 5.72. The quantitative estimate of drug-likeness (QED) is 0.139. The van der Waals surface area contributed by atoms with Crippen LogP contribution >= 0.6 is 0 Å². The molecule has 0 aromatic rings. The van der Waals surface area contributed by atoms with Crippen molar-refractivity contribution in [1.82, 2.24) is 4.90 Å². The molecule has 2 saturated heterocycles. The molecular formula is C42H69NO15. The van der Waals surface area contributed by atoms with E-state index in [-0.39, 0.29) is 32.1 Å². The second-order valence-corrected chi connectivity index (χ2v) is 16.3. The summed E-state index contributed by atoms with van der Waals surface area (Å²) in [5.74, 6) is -2.79. The molecule has 3 N–H and O–H groups in total. The van der Waals surface area contributed by atoms with Crippen LogP contribution in [0.2, 0.25) is 0 Å². The number of carbonyl (C=O) groups excluding carboxylic acids is 4. The number of carbonyl (C=O) groups is 4. The fraction of sp³-hybridized carbons (Fsp3) is 0.810. The van der Waals surface area contributed by atoms with E-state index < -0.39 is 121 Å². The van der Waals surface area contributed by atoms with E-state index in [9.17, 15) is 34.5 Å². The maximum Gasteiger partial charge on any atom is 0.309 e. The summed E-state index contributed by atoms with van der Waals surface area (Å²) in [6.07, 6.45) is -3.41. The molecule has 16 atom stereocenters. The standard InChI is InChI=1S/C42H69NO15/c1-11-16-32(47)56-40-27(6)53-34(23-42(40,7)50)57-37-26(5)54-41(36(49)35(37)43(8)9)58-38-28(19-20-44)21-24(3)29(45)18-15-13-14-17-25(4)52-33(48)22-30(39(38)51-10)55-31(46)12-2/h13-15,18,20,24-30,34-41,45,49-50H,11-12,16-17,19,21-23H2,1-10H3/b14-13+,18-15+/t24-,25-,26?,27?,28-,29-,30-,34?,35?,36?,37?,38+,39+,40?,41?,42?/m0/s1. The molecule has 2 fully saturated rings. The Hall–Kier alpha value is -2.80. The number of hydrogen-bond acceptors (Lipinski definition) is 16. The predicted molar refractivity (Wildman–Crippen MR) is 210 cm³/mol. The topological polar surface area (TPSA) is 206 Å². The third-order valence-electron chi connectivity index (χ3n) is 11.1. The lowest BCUT2D eigenvalue weighted by Gasteiger charge is -2.50. The molecule has 3 aliphatic rings. The molecule has 332 valence electrons. The van der Waals surface area contributed by atoms with E-state index in [4.69, 9.17) is 37.9 Å². The normalized spacial score (nSPS) is 40.6. The predicted octanol–water partition coefficient (Wildman–Crippen LogP) is 3.16. The van der Waals surface area contributed by atoms with E-state index in [0.717, 1.165) is 6.29 Å². The van der Waals surface area contributed by atoms with Crippen LogP contribution in [-0.2, 0) is 57.1 Å². The van der Waals surface area contributed by atoms with Gasteiger partial charge in [0.25, 0.3) is 0 Å². The summed E-state index contributed by atoms with van der Waals surface area (Å²) in [7, 11) is 4.87. The van der Waals surface area contributed by atoms with Crippen molar-refractivity contribution >= 4 is 24.2 Å². The lowest BCUT2D eigenvalue weighted by atomic mass is 9.82. The molecule has 0 radical (unpaired) electrons. The molecule has 9 unspecified atom stereocenters. The lowest BCUT2D eigenvalue weighted by molar-refractivity contribution is -0.344. The second-order valence-electron chi connectivity index (χ2n) is 16.3. The number of cyclic esters (lactones) is 1. The number of rotatable bonds is 13. The van der Waals surface area contributed by atoms with Gasteiger partial charge in [-0.05, 0) is 66.5 Å². The van der Waals surface area contributed by atoms with Crippen molar-refractivity contribution in [2.45, 2.75) is 185 Å². The van der Waals surface area contributed by atoms with Gasteiger partial charge in [-0.2, -0.15) is 0 Å². The van der Waals surface area contributed by atoms with Gasteiger partial charge in [-0.3, -0.25) is 14.4 Å². The summed E-state index contributed by atoms with van der Waals surface area (Å²) in [5, 5.41) is 34.6. The summed E-state index contributed by atoms with van der Waals surface area (Å²) in [6.45, 7) is 12.0. The van der Waals surface area contributed by atoms with Crippen LogP contribution in [0.5, 0.6) is 0 Å². The van der Waals surface area contributed by atoms with E-state index in [0.29, 0.717) is 12.8 Å². The Morgan fingerprint density at radius 2 is 1.69 bits per heavy atom. The fourth-order valence-electron chi connectivity index (χ4n) is 8.00. The van der Waals surface area contributed by atoms with Gasteiger partial charge in [-0.15, -0.1) is 0 Å². The van der Waals surface area contributed by atoms with Gasteiger partial charge in [0.1, 0.15) is 42.4 Å². The Kier molecular flexibility index (Phi) is 19.9. The average molecular weight is 828 g/mol. The summed E-state index contributed by atoms with van der Waals surface area (Å²) < 4.78 is 48.7. The number of likely N-dealkylation sites (N-methyl/N-ethyl adjacent to an activating group) is 1. The van der Waals surface area contributed by atoms with Crippen LogP contribution in [0.4, 0.5) is 0 Å². The number of aliphatic hydroxyl groups is 3. The number of aliphatic hydroxyl groups excluding tert-OH is 2. The molecule has 0 aromatic heterocycles. The molecule has 0 aliphatic carbocycles. The zero-order valence-corrected chi connectivity index (χ0v) is 35.9. The number of aldehydes is 1. The molecule has 3 aliphatic heterocycles. The van der Waals surface area contributed by atoms with Gasteiger partial charge in [0.15, 0.2) is 18.7 Å². The monoisotopic (exact) mass is 827 g/mol. The van der Waals surface area contributed by atoms with Gasteiger partial charge in [0.05, 0.1) is 36.9 Å². The second kappa shape index (κ2) is 23.3. The molecule has 3 rings (SSSR count). The van der Waals surface area contributed by atoms with Crippen molar-refractivity contribution in [1.29, 1.82) is 0 Å². The van der Waals surface area contributed by atoms with Crippen molar-refractivity contribution in [3.8, 4) is 0 Å². The number of ether oxygens (including phenoxy) is 8. The van der Waals surface area contributed by atoms with E-state index in [2.05, 4.69) is 0 Å². The number of esters is 3. The van der Waals surface area contributed by atoms with Crippen molar-refractivity contribution in [3.05, 3.63) is 24.3 Å². The molecule has 0 aromatic carbocycles. The third kappa shape index (κ3) is 13.9. The maximum atomic E-state index is 13.3. The molecule has 0 bridgehead atoms. The smallest absolute Gasteiger partial charge is 0.309 e. The first-order chi connectivity index (χ1) is 27.4. The highest BCUT2D eigenvalue weighted by Gasteiger charge is 2.53. The van der Waals surface area contributed by atoms with Crippen LogP contribution in [0.25, 0.3) is 0 Å². The van der Waals surface area contributed by atoms with Crippen molar-refractivity contribution < 1.29 is 72.4 Å². The minimum absolute atomic E-state index is 0.000517. The van der Waals surface area contributed by atoms with E-state index in [1.165, 1.54) is 7.11 Å². The minimum atomic E-state index is -1.49. The Balaban J connectivity index is 2.00. The third-order valence-corrected chi connectivity index (χ3v) is 11.1. The highest BCUT2D eigenvalue weighted by atomic mass is 16.7. The van der Waals surface area contributed by atoms with E-state index in [1.54, 1.807) is 71.8 Å². The molecule has 0 spiro atoms. The van der Waals surface area contributed by atoms with E-state index in [1.807, 2.05) is 19.9 Å². The molecule has 16 nitrogen and oxygen atoms in total. The van der Waals surface area contributed by atoms with Crippen LogP contribution in [-0.4, -0.2) is 151 Å². The number of hydrogen-bond donors (Lipinski definition) is 3. The largest absolute Gasteiger partial charge is 0.462 e. The van der Waals surface area contributed by atoms with Crippen LogP contribution in [0.3, 0.4) is 0 Å². The van der Waals surface area contributed by atoms with E-state index >= 15 is 0 Å². The molecular weight excluding hydrogens is 758 g/mol. The SMILES string of the molecule is CCCC(=O)OC1C(C)OC(OC2C(C)OC(O[C@@H]3[C@@H](CC=O)C[C@H](C)[C@@H](O)/C=C/C=C/C[C@H](C)OC(=O)C[C@H](OC(=O)CC)[C@H]3OC)C(O)C2N(C)C)CC1(C)O. The molecule has 0 saturated carbocycles. The van der Waals surface area contributed by atoms with Crippen molar-refractivity contribution in [3.63, 3.8) is 0 Å². The zero-order valence-electron chi connectivity index (χ0n) is 35.9. The Morgan fingerprint density at radius 3 is 2.29 bits per heavy atom. The molecule has 58 heavy (non-hydrogen) atoms. The first-order valence-corrected chi connectivity index (χ1v) is 20.6. The van der Waals surface area contributed by atoms with Gasteiger partial charge >= 0.3 is 17.9 Å². The molecule has 3 heterocycles.